The molecule has 4 rings (SSSR count). The lowest BCUT2D eigenvalue weighted by Gasteiger charge is -2.15. The molecule has 1 aliphatic heterocycles. The molecule has 0 N–H and O–H groups in total. The van der Waals surface area contributed by atoms with E-state index >= 15 is 0 Å². The van der Waals surface area contributed by atoms with Crippen LogP contribution in [0.15, 0.2) is 53.3 Å². The molecule has 0 atom stereocenters. The molecular formula is C17H12FN5O4. The van der Waals surface area contributed by atoms with Crippen molar-refractivity contribution in [2.75, 3.05) is 4.90 Å². The molecule has 136 valence electrons. The monoisotopic (exact) mass is 369 g/mol. The molecule has 0 radical (unpaired) electrons. The van der Waals surface area contributed by atoms with Crippen molar-refractivity contribution >= 4 is 17.4 Å². The molecule has 27 heavy (non-hydrogen) atoms. The molecule has 10 heteroatoms. The second-order valence-electron chi connectivity index (χ2n) is 5.95. The van der Waals surface area contributed by atoms with Gasteiger partial charge in [0, 0.05) is 17.8 Å². The van der Waals surface area contributed by atoms with E-state index in [1.54, 1.807) is 0 Å². The fourth-order valence-electron chi connectivity index (χ4n) is 2.94. The first-order valence-electron chi connectivity index (χ1n) is 7.93. The number of hydrogen-bond acceptors (Lipinski definition) is 5. The highest BCUT2D eigenvalue weighted by Gasteiger charge is 2.33. The van der Waals surface area contributed by atoms with Gasteiger partial charge in [0.25, 0.3) is 5.69 Å². The highest BCUT2D eigenvalue weighted by Crippen LogP contribution is 2.23. The van der Waals surface area contributed by atoms with Crippen molar-refractivity contribution in [2.24, 2.45) is 0 Å². The predicted octanol–water partition coefficient (Wildman–Crippen LogP) is 2.13. The number of amides is 1. The molecule has 9 nitrogen and oxygen atoms in total. The predicted molar refractivity (Wildman–Crippen MR) is 92.1 cm³/mol. The van der Waals surface area contributed by atoms with E-state index in [0.717, 1.165) is 0 Å². The number of carbonyl (C=O) groups excluding carboxylic acids is 1. The molecular weight excluding hydrogens is 357 g/mol. The van der Waals surface area contributed by atoms with Gasteiger partial charge >= 0.3 is 11.7 Å². The van der Waals surface area contributed by atoms with Crippen molar-refractivity contribution < 1.29 is 14.1 Å². The largest absolute Gasteiger partial charge is 0.364 e. The van der Waals surface area contributed by atoms with Crippen LogP contribution in [-0.2, 0) is 13.1 Å². The van der Waals surface area contributed by atoms with Crippen LogP contribution in [0.3, 0.4) is 0 Å². The average Bonchev–Trinajstić information content (AvgIpc) is 3.12. The average molecular weight is 369 g/mol. The van der Waals surface area contributed by atoms with Gasteiger partial charge < -0.3 is 0 Å². The summed E-state index contributed by atoms with van der Waals surface area (Å²) in [5.41, 5.74) is 0.443. The van der Waals surface area contributed by atoms with Crippen LogP contribution in [0.5, 0.6) is 0 Å². The molecule has 0 saturated carbocycles. The first kappa shape index (κ1) is 16.6. The van der Waals surface area contributed by atoms with Gasteiger partial charge in [-0.1, -0.05) is 12.1 Å². The van der Waals surface area contributed by atoms with Gasteiger partial charge in [0.2, 0.25) is 0 Å². The fourth-order valence-corrected chi connectivity index (χ4v) is 2.94. The van der Waals surface area contributed by atoms with E-state index in [2.05, 4.69) is 4.98 Å². The third-order valence-corrected chi connectivity index (χ3v) is 4.26. The number of benzene rings is 2. The van der Waals surface area contributed by atoms with Gasteiger partial charge in [-0.25, -0.2) is 18.7 Å². The number of nitrogens with zero attached hydrogens (tertiary/aromatic N) is 5. The maximum atomic E-state index is 13.1. The van der Waals surface area contributed by atoms with Gasteiger partial charge in [-0.15, -0.1) is 0 Å². The summed E-state index contributed by atoms with van der Waals surface area (Å²) in [7, 11) is 0. The first-order chi connectivity index (χ1) is 12.9. The summed E-state index contributed by atoms with van der Waals surface area (Å²) in [5, 5.41) is 10.7. The Morgan fingerprint density at radius 1 is 1.07 bits per heavy atom. The Labute approximate surface area is 151 Å². The molecule has 0 bridgehead atoms. The molecule has 0 spiro atoms. The molecule has 0 fully saturated rings. The van der Waals surface area contributed by atoms with E-state index in [0.29, 0.717) is 11.3 Å². The number of rotatable bonds is 4. The van der Waals surface area contributed by atoms with E-state index in [4.69, 9.17) is 0 Å². The first-order valence-corrected chi connectivity index (χ1v) is 7.93. The maximum Gasteiger partial charge on any atom is 0.364 e. The minimum atomic E-state index is -0.588. The Balaban J connectivity index is 1.64. The molecule has 2 aromatic carbocycles. The van der Waals surface area contributed by atoms with Crippen LogP contribution in [0.25, 0.3) is 0 Å². The van der Waals surface area contributed by atoms with Crippen LogP contribution in [0.2, 0.25) is 0 Å². The molecule has 0 unspecified atom stereocenters. The van der Waals surface area contributed by atoms with E-state index in [9.17, 15) is 24.1 Å². The number of fused-ring (bicyclic) bond motifs is 1. The lowest BCUT2D eigenvalue weighted by molar-refractivity contribution is -0.384. The SMILES string of the molecule is O=C1N(c2ccc(F)cc2)Cc2nc(=O)n(Cc3ccc([N+](=O)[O-])cc3)n21. The van der Waals surface area contributed by atoms with Gasteiger partial charge in [-0.05, 0) is 29.8 Å². The van der Waals surface area contributed by atoms with Crippen molar-refractivity contribution in [2.45, 2.75) is 13.1 Å². The maximum absolute atomic E-state index is 13.1. The van der Waals surface area contributed by atoms with Gasteiger partial charge in [0.15, 0.2) is 5.82 Å². The summed E-state index contributed by atoms with van der Waals surface area (Å²) < 4.78 is 15.4. The van der Waals surface area contributed by atoms with Crippen LogP contribution in [-0.4, -0.2) is 25.3 Å². The van der Waals surface area contributed by atoms with Crippen molar-refractivity contribution in [3.63, 3.8) is 0 Å². The number of hydrogen-bond donors (Lipinski definition) is 0. The minimum absolute atomic E-state index is 0.0345. The molecule has 0 aliphatic carbocycles. The van der Waals surface area contributed by atoms with E-state index in [1.807, 2.05) is 0 Å². The standard InChI is InChI=1S/C17H12FN5O4/c18-12-3-7-13(8-4-12)20-10-15-19-16(24)21(22(15)17(20)25)9-11-1-5-14(6-2-11)23(26)27/h1-8H,9-10H2. The Morgan fingerprint density at radius 2 is 1.74 bits per heavy atom. The zero-order valence-corrected chi connectivity index (χ0v) is 13.8. The van der Waals surface area contributed by atoms with Gasteiger partial charge in [0.1, 0.15) is 5.82 Å². The van der Waals surface area contributed by atoms with Crippen molar-refractivity contribution in [1.29, 1.82) is 0 Å². The minimum Gasteiger partial charge on any atom is -0.285 e. The third kappa shape index (κ3) is 2.86. The lowest BCUT2D eigenvalue weighted by Crippen LogP contribution is -2.34. The summed E-state index contributed by atoms with van der Waals surface area (Å²) in [6, 6.07) is 10.6. The molecule has 0 saturated heterocycles. The summed E-state index contributed by atoms with van der Waals surface area (Å²) in [5.74, 6) is -0.144. The van der Waals surface area contributed by atoms with Gasteiger partial charge in [-0.2, -0.15) is 9.67 Å². The molecule has 1 amide bonds. The highest BCUT2D eigenvalue weighted by molar-refractivity contribution is 5.95. The molecule has 1 aliphatic rings. The quantitative estimate of drug-likeness (QED) is 0.518. The Bertz CT molecular complexity index is 1100. The number of carbonyl (C=O) groups is 1. The second-order valence-corrected chi connectivity index (χ2v) is 5.95. The van der Waals surface area contributed by atoms with E-state index < -0.39 is 22.5 Å². The van der Waals surface area contributed by atoms with Gasteiger partial charge in [-0.3, -0.25) is 15.0 Å². The zero-order valence-electron chi connectivity index (χ0n) is 13.8. The van der Waals surface area contributed by atoms with E-state index in [-0.39, 0.29) is 24.6 Å². The number of non-ortho nitro benzene ring substituents is 1. The number of aromatic nitrogens is 3. The molecule has 2 heterocycles. The van der Waals surface area contributed by atoms with Crippen LogP contribution in [0.1, 0.15) is 11.4 Å². The number of nitro groups is 1. The Kier molecular flexibility index (Phi) is 3.80. The number of anilines is 1. The van der Waals surface area contributed by atoms with Crippen molar-refractivity contribution in [3.8, 4) is 0 Å². The molecule has 1 aromatic heterocycles. The summed E-state index contributed by atoms with van der Waals surface area (Å²) in [6.45, 7) is 0.125. The van der Waals surface area contributed by atoms with Crippen molar-refractivity contribution in [3.05, 3.63) is 86.3 Å². The summed E-state index contributed by atoms with van der Waals surface area (Å²) in [4.78, 5) is 40.4. The second kappa shape index (κ2) is 6.16. The summed E-state index contributed by atoms with van der Waals surface area (Å²) in [6.07, 6.45) is 0. The van der Waals surface area contributed by atoms with Crippen LogP contribution in [0.4, 0.5) is 20.6 Å². The third-order valence-electron chi connectivity index (χ3n) is 4.26. The van der Waals surface area contributed by atoms with Crippen molar-refractivity contribution in [1.82, 2.24) is 14.3 Å². The molecule has 3 aromatic rings. The number of halogens is 1. The lowest BCUT2D eigenvalue weighted by atomic mass is 10.2. The normalized spacial score (nSPS) is 13.1. The number of nitro benzene ring substituents is 1. The highest BCUT2D eigenvalue weighted by atomic mass is 19.1. The fraction of sp³-hybridized carbons (Fsp3) is 0.118. The summed E-state index contributed by atoms with van der Waals surface area (Å²) >= 11 is 0. The smallest absolute Gasteiger partial charge is 0.285 e. The Morgan fingerprint density at radius 3 is 2.37 bits per heavy atom. The van der Waals surface area contributed by atoms with Gasteiger partial charge in [0.05, 0.1) is 18.0 Å². The zero-order chi connectivity index (χ0) is 19.1. The topological polar surface area (TPSA) is 103 Å². The van der Waals surface area contributed by atoms with Crippen LogP contribution < -0.4 is 10.6 Å². The van der Waals surface area contributed by atoms with Crippen LogP contribution in [0, 0.1) is 15.9 Å². The van der Waals surface area contributed by atoms with Crippen LogP contribution >= 0.6 is 0 Å². The van der Waals surface area contributed by atoms with E-state index in [1.165, 1.54) is 62.8 Å². The Hall–Kier alpha value is -3.82.